The zero-order chi connectivity index (χ0) is 9.14. The molecule has 66 valence electrons. The van der Waals surface area contributed by atoms with E-state index in [4.69, 9.17) is 5.84 Å². The largest absolute Gasteiger partial charge is 0.294 e. The van der Waals surface area contributed by atoms with Crippen molar-refractivity contribution in [2.45, 2.75) is 13.3 Å². The van der Waals surface area contributed by atoms with Crippen molar-refractivity contribution in [1.82, 2.24) is 10.9 Å². The number of amides is 2. The number of rotatable bonds is 1. The van der Waals surface area contributed by atoms with Crippen LogP contribution in [0.3, 0.4) is 0 Å². The van der Waals surface area contributed by atoms with Gasteiger partial charge >= 0.3 is 0 Å². The first-order valence-corrected chi connectivity index (χ1v) is 3.48. The fraction of sp³-hybridized carbons (Fsp3) is 0.500. The Hall–Kier alpha value is -1.43. The van der Waals surface area contributed by atoms with Gasteiger partial charge in [-0.25, -0.2) is 11.3 Å². The molecule has 0 saturated heterocycles. The summed E-state index contributed by atoms with van der Waals surface area (Å²) in [5.41, 5.74) is 4.87. The second kappa shape index (κ2) is 3.31. The molecule has 1 unspecified atom stereocenters. The summed E-state index contributed by atoms with van der Waals surface area (Å²) in [5.74, 6) is 3.25. The van der Waals surface area contributed by atoms with Crippen LogP contribution in [-0.4, -0.2) is 17.5 Å². The molecule has 1 aliphatic heterocycles. The maximum absolute atomic E-state index is 11.0. The molecule has 0 aromatic heterocycles. The highest BCUT2D eigenvalue weighted by Crippen LogP contribution is 2.08. The lowest BCUT2D eigenvalue weighted by molar-refractivity contribution is -0.135. The summed E-state index contributed by atoms with van der Waals surface area (Å²) in [5, 5.41) is 3.67. The van der Waals surface area contributed by atoms with Gasteiger partial charge in [0.15, 0.2) is 0 Å². The van der Waals surface area contributed by atoms with E-state index in [9.17, 15) is 9.59 Å². The standard InChI is InChI=1S/C6H10N4O2/c1-3-2-4(5(11)8-7)6(12)10-9-3/h4H,2,7H2,1H3,(H,8,11)(H,10,12). The fourth-order valence-corrected chi connectivity index (χ4v) is 0.975. The summed E-state index contributed by atoms with van der Waals surface area (Å²) in [4.78, 5) is 22.0. The lowest BCUT2D eigenvalue weighted by Crippen LogP contribution is -2.45. The smallest absolute Gasteiger partial charge is 0.253 e. The van der Waals surface area contributed by atoms with E-state index >= 15 is 0 Å². The first-order chi connectivity index (χ1) is 5.65. The van der Waals surface area contributed by atoms with Crippen LogP contribution in [0.2, 0.25) is 0 Å². The third-order valence-electron chi connectivity index (χ3n) is 1.63. The summed E-state index contributed by atoms with van der Waals surface area (Å²) in [6.45, 7) is 1.73. The number of hydrogen-bond donors (Lipinski definition) is 3. The van der Waals surface area contributed by atoms with Gasteiger partial charge in [0.25, 0.3) is 5.91 Å². The Labute approximate surface area is 69.2 Å². The van der Waals surface area contributed by atoms with Crippen molar-refractivity contribution in [2.24, 2.45) is 16.9 Å². The van der Waals surface area contributed by atoms with Crippen LogP contribution in [0.5, 0.6) is 0 Å². The summed E-state index contributed by atoms with van der Waals surface area (Å²) in [7, 11) is 0. The van der Waals surface area contributed by atoms with Gasteiger partial charge in [0.05, 0.1) is 0 Å². The van der Waals surface area contributed by atoms with E-state index in [1.165, 1.54) is 0 Å². The first kappa shape index (κ1) is 8.66. The van der Waals surface area contributed by atoms with Gasteiger partial charge in [0.2, 0.25) is 5.91 Å². The van der Waals surface area contributed by atoms with Crippen molar-refractivity contribution in [2.75, 3.05) is 0 Å². The Kier molecular flexibility index (Phi) is 2.39. The molecule has 4 N–H and O–H groups in total. The van der Waals surface area contributed by atoms with Crippen LogP contribution in [0.4, 0.5) is 0 Å². The molecule has 6 nitrogen and oxygen atoms in total. The maximum atomic E-state index is 11.0. The molecule has 0 bridgehead atoms. The number of hydrazine groups is 1. The fourth-order valence-electron chi connectivity index (χ4n) is 0.975. The quantitative estimate of drug-likeness (QED) is 0.193. The van der Waals surface area contributed by atoms with Crippen LogP contribution in [0, 0.1) is 5.92 Å². The molecule has 12 heavy (non-hydrogen) atoms. The summed E-state index contributed by atoms with van der Waals surface area (Å²) < 4.78 is 0. The summed E-state index contributed by atoms with van der Waals surface area (Å²) in [6.07, 6.45) is 0.328. The molecule has 0 aromatic carbocycles. The lowest BCUT2D eigenvalue weighted by atomic mass is 10.0. The molecule has 0 radical (unpaired) electrons. The molecule has 6 heteroatoms. The molecular formula is C6H10N4O2. The molecule has 0 fully saturated rings. The molecule has 0 aromatic rings. The van der Waals surface area contributed by atoms with E-state index in [0.29, 0.717) is 12.1 Å². The Bertz CT molecular complexity index is 248. The summed E-state index contributed by atoms with van der Waals surface area (Å²) >= 11 is 0. The topological polar surface area (TPSA) is 96.6 Å². The minimum atomic E-state index is -0.743. The van der Waals surface area contributed by atoms with Crippen molar-refractivity contribution >= 4 is 17.5 Å². The number of hydrazone groups is 1. The van der Waals surface area contributed by atoms with Gasteiger partial charge in [-0.15, -0.1) is 0 Å². The number of nitrogens with zero attached hydrogens (tertiary/aromatic N) is 1. The molecule has 1 rings (SSSR count). The first-order valence-electron chi connectivity index (χ1n) is 3.48. The van der Waals surface area contributed by atoms with Gasteiger partial charge in [0.1, 0.15) is 5.92 Å². The second-order valence-electron chi connectivity index (χ2n) is 2.59. The van der Waals surface area contributed by atoms with Crippen LogP contribution in [-0.2, 0) is 9.59 Å². The van der Waals surface area contributed by atoms with Crippen LogP contribution in [0.25, 0.3) is 0 Å². The molecule has 1 aliphatic rings. The highest BCUT2D eigenvalue weighted by Gasteiger charge is 2.29. The van der Waals surface area contributed by atoms with Crippen molar-refractivity contribution in [1.29, 1.82) is 0 Å². The van der Waals surface area contributed by atoms with Gasteiger partial charge < -0.3 is 0 Å². The minimum Gasteiger partial charge on any atom is -0.294 e. The monoisotopic (exact) mass is 170 g/mol. The zero-order valence-electron chi connectivity index (χ0n) is 6.63. The molecule has 2 amide bonds. The third-order valence-corrected chi connectivity index (χ3v) is 1.63. The third kappa shape index (κ3) is 1.59. The van der Waals surface area contributed by atoms with E-state index in [-0.39, 0.29) is 0 Å². The van der Waals surface area contributed by atoms with Crippen molar-refractivity contribution < 1.29 is 9.59 Å². The van der Waals surface area contributed by atoms with Crippen LogP contribution >= 0.6 is 0 Å². The SMILES string of the molecule is CC1=NNC(=O)C(C(=O)NN)C1. The van der Waals surface area contributed by atoms with Crippen molar-refractivity contribution in [3.8, 4) is 0 Å². The van der Waals surface area contributed by atoms with Crippen molar-refractivity contribution in [3.05, 3.63) is 0 Å². The number of carbonyl (C=O) groups is 2. The van der Waals surface area contributed by atoms with E-state index in [2.05, 4.69) is 10.5 Å². The molecule has 0 saturated carbocycles. The van der Waals surface area contributed by atoms with Gasteiger partial charge in [-0.2, -0.15) is 5.10 Å². The van der Waals surface area contributed by atoms with Crippen LogP contribution < -0.4 is 16.7 Å². The minimum absolute atomic E-state index is 0.328. The van der Waals surface area contributed by atoms with Gasteiger partial charge in [-0.05, 0) is 6.92 Å². The Morgan fingerprint density at radius 2 is 2.50 bits per heavy atom. The van der Waals surface area contributed by atoms with E-state index < -0.39 is 17.7 Å². The number of nitrogens with two attached hydrogens (primary N) is 1. The molecule has 1 atom stereocenters. The summed E-state index contributed by atoms with van der Waals surface area (Å²) in [6, 6.07) is 0. The van der Waals surface area contributed by atoms with E-state index in [1.807, 2.05) is 5.43 Å². The van der Waals surface area contributed by atoms with Gasteiger partial charge in [-0.1, -0.05) is 0 Å². The Morgan fingerprint density at radius 1 is 1.83 bits per heavy atom. The lowest BCUT2D eigenvalue weighted by Gasteiger charge is -2.17. The molecule has 1 heterocycles. The number of hydrogen-bond acceptors (Lipinski definition) is 4. The molecule has 0 aliphatic carbocycles. The Balaban J connectivity index is 2.72. The van der Waals surface area contributed by atoms with Crippen molar-refractivity contribution in [3.63, 3.8) is 0 Å². The average molecular weight is 170 g/mol. The molecule has 0 spiro atoms. The van der Waals surface area contributed by atoms with Crippen LogP contribution in [0.1, 0.15) is 13.3 Å². The average Bonchev–Trinajstić information content (AvgIpc) is 2.08. The predicted molar refractivity (Wildman–Crippen MR) is 41.7 cm³/mol. The van der Waals surface area contributed by atoms with Crippen LogP contribution in [0.15, 0.2) is 5.10 Å². The second-order valence-corrected chi connectivity index (χ2v) is 2.59. The van der Waals surface area contributed by atoms with Gasteiger partial charge in [-0.3, -0.25) is 15.0 Å². The Morgan fingerprint density at radius 3 is 3.08 bits per heavy atom. The van der Waals surface area contributed by atoms with E-state index in [1.54, 1.807) is 6.92 Å². The highest BCUT2D eigenvalue weighted by atomic mass is 16.2. The molecular weight excluding hydrogens is 160 g/mol. The number of carbonyl (C=O) groups excluding carboxylic acids is 2. The number of nitrogens with one attached hydrogen (secondary N) is 2. The predicted octanol–water partition coefficient (Wildman–Crippen LogP) is -1.51. The highest BCUT2D eigenvalue weighted by molar-refractivity contribution is 6.05. The van der Waals surface area contributed by atoms with Gasteiger partial charge in [0, 0.05) is 12.1 Å². The normalized spacial score (nSPS) is 22.7. The van der Waals surface area contributed by atoms with E-state index in [0.717, 1.165) is 0 Å². The maximum Gasteiger partial charge on any atom is 0.253 e. The zero-order valence-corrected chi connectivity index (χ0v) is 6.63.